The first-order chi connectivity index (χ1) is 11.3. The van der Waals surface area contributed by atoms with Crippen molar-refractivity contribution in [2.45, 2.75) is 19.4 Å². The summed E-state index contributed by atoms with van der Waals surface area (Å²) >= 11 is 0. The number of carbonyl (C=O) groups is 1. The van der Waals surface area contributed by atoms with Gasteiger partial charge in [-0.05, 0) is 12.5 Å². The molecule has 7 heteroatoms. The fourth-order valence-corrected chi connectivity index (χ4v) is 2.77. The van der Waals surface area contributed by atoms with Crippen LogP contribution in [0.1, 0.15) is 12.1 Å². The van der Waals surface area contributed by atoms with Crippen molar-refractivity contribution in [3.05, 3.63) is 43.0 Å². The summed E-state index contributed by atoms with van der Waals surface area (Å²) < 4.78 is 7.58. The van der Waals surface area contributed by atoms with E-state index in [1.807, 2.05) is 21.7 Å². The van der Waals surface area contributed by atoms with Crippen molar-refractivity contribution in [1.29, 1.82) is 0 Å². The van der Waals surface area contributed by atoms with Gasteiger partial charge in [-0.25, -0.2) is 15.0 Å². The van der Waals surface area contributed by atoms with Crippen molar-refractivity contribution in [3.63, 3.8) is 0 Å². The van der Waals surface area contributed by atoms with Crippen LogP contribution in [0.5, 0.6) is 0 Å². The summed E-state index contributed by atoms with van der Waals surface area (Å²) in [6.45, 7) is 3.29. The lowest BCUT2D eigenvalue weighted by Crippen LogP contribution is -2.36. The fourth-order valence-electron chi connectivity index (χ4n) is 2.77. The highest BCUT2D eigenvalue weighted by atomic mass is 16.5. The normalized spacial score (nSPS) is 18.6. The van der Waals surface area contributed by atoms with E-state index in [1.54, 1.807) is 25.0 Å². The van der Waals surface area contributed by atoms with Gasteiger partial charge in [-0.1, -0.05) is 0 Å². The van der Waals surface area contributed by atoms with E-state index in [9.17, 15) is 4.79 Å². The van der Waals surface area contributed by atoms with E-state index in [2.05, 4.69) is 15.0 Å². The minimum atomic E-state index is 0.164. The molecule has 0 saturated carbocycles. The third-order valence-electron chi connectivity index (χ3n) is 3.97. The van der Waals surface area contributed by atoms with Crippen LogP contribution in [0.25, 0.3) is 0 Å². The first-order valence-electron chi connectivity index (χ1n) is 7.87. The molecule has 23 heavy (non-hydrogen) atoms. The van der Waals surface area contributed by atoms with Crippen molar-refractivity contribution in [2.75, 3.05) is 26.3 Å². The first-order valence-corrected chi connectivity index (χ1v) is 7.87. The number of imidazole rings is 1. The van der Waals surface area contributed by atoms with Gasteiger partial charge < -0.3 is 14.2 Å². The number of ether oxygens (including phenoxy) is 1. The van der Waals surface area contributed by atoms with Crippen LogP contribution in [-0.4, -0.2) is 56.6 Å². The van der Waals surface area contributed by atoms with E-state index in [4.69, 9.17) is 4.74 Å². The Hall–Kier alpha value is -2.28. The molecule has 0 spiro atoms. The van der Waals surface area contributed by atoms with Crippen LogP contribution in [0.15, 0.2) is 37.3 Å². The summed E-state index contributed by atoms with van der Waals surface area (Å²) in [5.41, 5.74) is 0.987. The number of carbonyl (C=O) groups excluding carboxylic acids is 1. The lowest BCUT2D eigenvalue weighted by Gasteiger charge is -2.23. The van der Waals surface area contributed by atoms with E-state index >= 15 is 0 Å². The summed E-state index contributed by atoms with van der Waals surface area (Å²) in [5.74, 6) is 0.432. The Balaban J connectivity index is 1.54. The maximum Gasteiger partial charge on any atom is 0.224 e. The summed E-state index contributed by atoms with van der Waals surface area (Å²) in [4.78, 5) is 26.6. The molecule has 0 unspecified atom stereocenters. The molecule has 1 saturated heterocycles. The number of rotatable bonds is 5. The molecule has 0 aliphatic carbocycles. The van der Waals surface area contributed by atoms with E-state index in [0.29, 0.717) is 39.3 Å². The van der Waals surface area contributed by atoms with Crippen LogP contribution in [0.3, 0.4) is 0 Å². The Morgan fingerprint density at radius 2 is 2.30 bits per heavy atom. The molecule has 0 bridgehead atoms. The van der Waals surface area contributed by atoms with Crippen molar-refractivity contribution < 1.29 is 9.53 Å². The highest BCUT2D eigenvalue weighted by Crippen LogP contribution is 2.13. The Morgan fingerprint density at radius 1 is 1.35 bits per heavy atom. The molecule has 7 nitrogen and oxygen atoms in total. The Labute approximate surface area is 135 Å². The number of aromatic nitrogens is 4. The summed E-state index contributed by atoms with van der Waals surface area (Å²) in [7, 11) is 0. The van der Waals surface area contributed by atoms with Crippen molar-refractivity contribution in [1.82, 2.24) is 24.4 Å². The molecule has 1 aliphatic heterocycles. The van der Waals surface area contributed by atoms with Crippen molar-refractivity contribution in [3.8, 4) is 0 Å². The second kappa shape index (κ2) is 7.82. The van der Waals surface area contributed by atoms with Gasteiger partial charge in [0.25, 0.3) is 0 Å². The summed E-state index contributed by atoms with van der Waals surface area (Å²) in [6.07, 6.45) is 9.91. The lowest BCUT2D eigenvalue weighted by atomic mass is 10.0. The van der Waals surface area contributed by atoms with E-state index in [0.717, 1.165) is 12.1 Å². The zero-order valence-corrected chi connectivity index (χ0v) is 13.0. The number of hydrogen-bond donors (Lipinski definition) is 0. The SMILES string of the molecule is O=C(CCn1ccnc1)N1CCOC[C@@H](Cc2ccncn2)C1. The van der Waals surface area contributed by atoms with Crippen molar-refractivity contribution >= 4 is 5.91 Å². The number of aryl methyl sites for hydroxylation is 1. The molecule has 2 aromatic rings. The zero-order chi connectivity index (χ0) is 15.9. The monoisotopic (exact) mass is 315 g/mol. The maximum absolute atomic E-state index is 12.5. The van der Waals surface area contributed by atoms with Gasteiger partial charge >= 0.3 is 0 Å². The molecule has 2 aromatic heterocycles. The molecule has 1 amide bonds. The Bertz CT molecular complexity index is 602. The molecule has 1 atom stereocenters. The van der Waals surface area contributed by atoms with Crippen LogP contribution in [-0.2, 0) is 22.5 Å². The molecular weight excluding hydrogens is 294 g/mol. The topological polar surface area (TPSA) is 73.1 Å². The Morgan fingerprint density at radius 3 is 3.09 bits per heavy atom. The largest absolute Gasteiger partial charge is 0.379 e. The molecule has 0 N–H and O–H groups in total. The third kappa shape index (κ3) is 4.59. The lowest BCUT2D eigenvalue weighted by molar-refractivity contribution is -0.131. The third-order valence-corrected chi connectivity index (χ3v) is 3.97. The minimum absolute atomic E-state index is 0.164. The van der Waals surface area contributed by atoms with Crippen LogP contribution >= 0.6 is 0 Å². The molecule has 3 rings (SSSR count). The smallest absolute Gasteiger partial charge is 0.224 e. The fraction of sp³-hybridized carbons (Fsp3) is 0.500. The quantitative estimate of drug-likeness (QED) is 0.815. The number of hydrogen-bond acceptors (Lipinski definition) is 5. The molecule has 122 valence electrons. The van der Waals surface area contributed by atoms with E-state index < -0.39 is 0 Å². The van der Waals surface area contributed by atoms with Gasteiger partial charge in [0, 0.05) is 56.3 Å². The molecule has 1 fully saturated rings. The second-order valence-corrected chi connectivity index (χ2v) is 5.74. The molecule has 0 aromatic carbocycles. The van der Waals surface area contributed by atoms with Gasteiger partial charge in [0.1, 0.15) is 6.33 Å². The maximum atomic E-state index is 12.5. The number of amides is 1. The van der Waals surface area contributed by atoms with Crippen LogP contribution in [0.4, 0.5) is 0 Å². The summed E-state index contributed by atoms with van der Waals surface area (Å²) in [5, 5.41) is 0. The highest BCUT2D eigenvalue weighted by molar-refractivity contribution is 5.76. The predicted octanol–water partition coefficient (Wildman–Crippen LogP) is 0.781. The average Bonchev–Trinajstić information content (AvgIpc) is 2.99. The minimum Gasteiger partial charge on any atom is -0.379 e. The standard InChI is InChI=1S/C16H21N5O2/c22-16(2-5-20-6-4-18-13-20)21-7-8-23-11-14(10-21)9-15-1-3-17-12-19-15/h1,3-4,6,12-14H,2,5,7-11H2/t14-/m0/s1. The van der Waals surface area contributed by atoms with Crippen molar-refractivity contribution in [2.24, 2.45) is 5.92 Å². The van der Waals surface area contributed by atoms with Gasteiger partial charge in [-0.2, -0.15) is 0 Å². The highest BCUT2D eigenvalue weighted by Gasteiger charge is 2.22. The van der Waals surface area contributed by atoms with Gasteiger partial charge in [-0.15, -0.1) is 0 Å². The average molecular weight is 315 g/mol. The summed E-state index contributed by atoms with van der Waals surface area (Å²) in [6, 6.07) is 1.91. The molecule has 1 aliphatic rings. The van der Waals surface area contributed by atoms with Gasteiger partial charge in [0.2, 0.25) is 5.91 Å². The van der Waals surface area contributed by atoms with Crippen LogP contribution < -0.4 is 0 Å². The first kappa shape index (κ1) is 15.6. The van der Waals surface area contributed by atoms with E-state index in [-0.39, 0.29) is 11.8 Å². The van der Waals surface area contributed by atoms with Crippen LogP contribution in [0.2, 0.25) is 0 Å². The Kier molecular flexibility index (Phi) is 5.31. The molecular formula is C16H21N5O2. The van der Waals surface area contributed by atoms with E-state index in [1.165, 1.54) is 0 Å². The number of nitrogens with zero attached hydrogens (tertiary/aromatic N) is 5. The van der Waals surface area contributed by atoms with Gasteiger partial charge in [-0.3, -0.25) is 4.79 Å². The zero-order valence-electron chi connectivity index (χ0n) is 13.0. The van der Waals surface area contributed by atoms with Crippen LogP contribution in [0, 0.1) is 5.92 Å². The van der Waals surface area contributed by atoms with Gasteiger partial charge in [0.15, 0.2) is 0 Å². The molecule has 3 heterocycles. The molecule has 0 radical (unpaired) electrons. The van der Waals surface area contributed by atoms with Gasteiger partial charge in [0.05, 0.1) is 19.5 Å². The second-order valence-electron chi connectivity index (χ2n) is 5.74. The predicted molar refractivity (Wildman–Crippen MR) is 83.5 cm³/mol.